The molecule has 2 aliphatic rings. The summed E-state index contributed by atoms with van der Waals surface area (Å²) in [6.45, 7) is 5.45. The zero-order valence-corrected chi connectivity index (χ0v) is 21.0. The van der Waals surface area contributed by atoms with Crippen molar-refractivity contribution in [3.63, 3.8) is 0 Å². The second-order valence-electron chi connectivity index (χ2n) is 9.45. The van der Waals surface area contributed by atoms with Gasteiger partial charge in [-0.2, -0.15) is 0 Å². The number of hydrogen-bond acceptors (Lipinski definition) is 3. The lowest BCUT2D eigenvalue weighted by atomic mass is 9.74. The van der Waals surface area contributed by atoms with E-state index in [2.05, 4.69) is 11.0 Å². The van der Waals surface area contributed by atoms with E-state index in [1.54, 1.807) is 7.11 Å². The molecule has 0 atom stereocenters. The summed E-state index contributed by atoms with van der Waals surface area (Å²) in [7, 11) is 1.69. The molecule has 4 nitrogen and oxygen atoms in total. The minimum absolute atomic E-state index is 0.0604. The Bertz CT molecular complexity index is 1230. The highest BCUT2D eigenvalue weighted by Gasteiger charge is 2.46. The number of piperidine rings is 1. The van der Waals surface area contributed by atoms with Crippen molar-refractivity contribution >= 4 is 34.8 Å². The highest BCUT2D eigenvalue weighted by Crippen LogP contribution is 2.49. The van der Waals surface area contributed by atoms with E-state index < -0.39 is 0 Å². The molecule has 1 amide bonds. The maximum Gasteiger partial charge on any atom is 0.258 e. The molecule has 0 aliphatic carbocycles. The molecule has 176 valence electrons. The zero-order chi connectivity index (χ0) is 23.9. The average molecular weight is 495 g/mol. The average Bonchev–Trinajstić information content (AvgIpc) is 3.15. The molecule has 2 heterocycles. The predicted molar refractivity (Wildman–Crippen MR) is 139 cm³/mol. The molecule has 2 aliphatic heterocycles. The third kappa shape index (κ3) is 4.31. The first-order valence-electron chi connectivity index (χ1n) is 11.6. The third-order valence-corrected chi connectivity index (χ3v) is 7.98. The number of amides is 1. The van der Waals surface area contributed by atoms with Crippen LogP contribution in [0, 0.1) is 6.92 Å². The second-order valence-corrected chi connectivity index (χ2v) is 10.3. The third-order valence-electron chi connectivity index (χ3n) is 7.24. The predicted octanol–water partition coefficient (Wildman–Crippen LogP) is 6.50. The van der Waals surface area contributed by atoms with Crippen LogP contribution in [0.15, 0.2) is 60.7 Å². The first-order chi connectivity index (χ1) is 16.4. The molecular weight excluding hydrogens is 467 g/mol. The number of fused-ring (bicyclic) bond motifs is 2. The Morgan fingerprint density at radius 3 is 2.50 bits per heavy atom. The first-order valence-corrected chi connectivity index (χ1v) is 12.4. The smallest absolute Gasteiger partial charge is 0.258 e. The highest BCUT2D eigenvalue weighted by molar-refractivity contribution is 6.42. The van der Waals surface area contributed by atoms with E-state index in [9.17, 15) is 4.79 Å². The van der Waals surface area contributed by atoms with Crippen molar-refractivity contribution in [2.24, 2.45) is 0 Å². The summed E-state index contributed by atoms with van der Waals surface area (Å²) >= 11 is 12.3. The van der Waals surface area contributed by atoms with Gasteiger partial charge in [-0.25, -0.2) is 0 Å². The number of rotatable bonds is 4. The van der Waals surface area contributed by atoms with Gasteiger partial charge in [-0.15, -0.1) is 0 Å². The van der Waals surface area contributed by atoms with E-state index in [1.165, 1.54) is 5.56 Å². The topological polar surface area (TPSA) is 32.8 Å². The van der Waals surface area contributed by atoms with Gasteiger partial charge in [-0.05, 0) is 86.4 Å². The van der Waals surface area contributed by atoms with Crippen molar-refractivity contribution in [1.82, 2.24) is 4.90 Å². The number of anilines is 1. The van der Waals surface area contributed by atoms with Crippen LogP contribution in [0.3, 0.4) is 0 Å². The van der Waals surface area contributed by atoms with Gasteiger partial charge in [0.05, 0.1) is 17.2 Å². The number of carbonyl (C=O) groups excluding carboxylic acids is 1. The van der Waals surface area contributed by atoms with Gasteiger partial charge in [0.15, 0.2) is 0 Å². The Morgan fingerprint density at radius 1 is 1.00 bits per heavy atom. The fourth-order valence-corrected chi connectivity index (χ4v) is 5.67. The lowest BCUT2D eigenvalue weighted by Gasteiger charge is -2.40. The van der Waals surface area contributed by atoms with Gasteiger partial charge in [-0.3, -0.25) is 9.69 Å². The molecule has 0 N–H and O–H groups in total. The summed E-state index contributed by atoms with van der Waals surface area (Å²) in [4.78, 5) is 18.0. The van der Waals surface area contributed by atoms with Crippen molar-refractivity contribution in [3.8, 4) is 5.75 Å². The van der Waals surface area contributed by atoms with Gasteiger partial charge in [0, 0.05) is 29.8 Å². The molecule has 1 saturated heterocycles. The zero-order valence-electron chi connectivity index (χ0n) is 19.5. The summed E-state index contributed by atoms with van der Waals surface area (Å²) < 4.78 is 5.55. The fourth-order valence-electron chi connectivity index (χ4n) is 5.35. The summed E-state index contributed by atoms with van der Waals surface area (Å²) in [6.07, 6.45) is 1.96. The lowest BCUT2D eigenvalue weighted by Crippen LogP contribution is -2.45. The number of methoxy groups -OCH3 is 1. The molecule has 0 radical (unpaired) electrons. The van der Waals surface area contributed by atoms with Crippen molar-refractivity contribution < 1.29 is 9.53 Å². The Kier molecular flexibility index (Phi) is 6.32. The van der Waals surface area contributed by atoms with E-state index in [0.29, 0.717) is 16.6 Å². The molecular formula is C28H28Cl2N2O2. The largest absolute Gasteiger partial charge is 0.497 e. The number of hydrogen-bond donors (Lipinski definition) is 0. The van der Waals surface area contributed by atoms with E-state index in [4.69, 9.17) is 27.9 Å². The fraction of sp³-hybridized carbons (Fsp3) is 0.321. The monoisotopic (exact) mass is 494 g/mol. The summed E-state index contributed by atoms with van der Waals surface area (Å²) in [5.41, 5.74) is 5.14. The van der Waals surface area contributed by atoms with Crippen LogP contribution in [0.4, 0.5) is 5.69 Å². The van der Waals surface area contributed by atoms with Gasteiger partial charge in [-0.1, -0.05) is 47.0 Å². The van der Waals surface area contributed by atoms with Crippen LogP contribution in [-0.2, 0) is 12.0 Å². The van der Waals surface area contributed by atoms with Crippen LogP contribution in [0.1, 0.15) is 39.9 Å². The van der Waals surface area contributed by atoms with Crippen LogP contribution in [-0.4, -0.2) is 37.6 Å². The first kappa shape index (κ1) is 23.2. The van der Waals surface area contributed by atoms with Crippen LogP contribution >= 0.6 is 23.2 Å². The molecule has 0 unspecified atom stereocenters. The quantitative estimate of drug-likeness (QED) is 0.414. The molecule has 3 aromatic rings. The molecule has 34 heavy (non-hydrogen) atoms. The minimum atomic E-state index is -0.0719. The van der Waals surface area contributed by atoms with Gasteiger partial charge in [0.2, 0.25) is 0 Å². The Balaban J connectivity index is 1.40. The lowest BCUT2D eigenvalue weighted by molar-refractivity contribution is 0.0975. The molecule has 0 bridgehead atoms. The van der Waals surface area contributed by atoms with Crippen molar-refractivity contribution in [2.45, 2.75) is 31.7 Å². The number of halogens is 2. The maximum atomic E-state index is 13.6. The van der Waals surface area contributed by atoms with Gasteiger partial charge in [0.25, 0.3) is 5.91 Å². The maximum absolute atomic E-state index is 13.6. The number of ether oxygens (including phenoxy) is 1. The standard InChI is InChI=1S/C28H28Cl2N2O2/c1-19-4-3-5-21(14-19)27(33)32-18-28(23-16-22(34-2)7-9-26(23)32)10-12-31(13-11-28)17-20-6-8-24(29)25(30)15-20/h3-9,14-16H,10-13,17-18H2,1-2H3. The molecule has 0 saturated carbocycles. The number of aryl methyl sites for hydroxylation is 1. The van der Waals surface area contributed by atoms with Crippen LogP contribution in [0.5, 0.6) is 5.75 Å². The summed E-state index contributed by atoms with van der Waals surface area (Å²) in [5.74, 6) is 0.895. The van der Waals surface area contributed by atoms with Gasteiger partial charge >= 0.3 is 0 Å². The SMILES string of the molecule is COc1ccc2c(c1)C1(CCN(Cc3ccc(Cl)c(Cl)c3)CC1)CN2C(=O)c1cccc(C)c1. The number of likely N-dealkylation sites (tertiary alicyclic amines) is 1. The van der Waals surface area contributed by atoms with Gasteiger partial charge in [0.1, 0.15) is 5.75 Å². The van der Waals surface area contributed by atoms with E-state index >= 15 is 0 Å². The summed E-state index contributed by atoms with van der Waals surface area (Å²) in [6, 6.07) is 19.8. The molecule has 3 aromatic carbocycles. The van der Waals surface area contributed by atoms with E-state index in [-0.39, 0.29) is 11.3 Å². The molecule has 1 fully saturated rings. The number of carbonyl (C=O) groups is 1. The molecule has 6 heteroatoms. The Morgan fingerprint density at radius 2 is 1.79 bits per heavy atom. The van der Waals surface area contributed by atoms with Crippen LogP contribution < -0.4 is 9.64 Å². The van der Waals surface area contributed by atoms with Crippen molar-refractivity contribution in [2.75, 3.05) is 31.6 Å². The molecule has 5 rings (SSSR count). The highest BCUT2D eigenvalue weighted by atomic mass is 35.5. The van der Waals surface area contributed by atoms with Crippen LogP contribution in [0.25, 0.3) is 0 Å². The number of nitrogens with zero attached hydrogens (tertiary/aromatic N) is 2. The van der Waals surface area contributed by atoms with E-state index in [1.807, 2.05) is 66.4 Å². The van der Waals surface area contributed by atoms with Crippen LogP contribution in [0.2, 0.25) is 10.0 Å². The van der Waals surface area contributed by atoms with Crippen molar-refractivity contribution in [3.05, 3.63) is 93.0 Å². The molecule has 1 spiro atoms. The minimum Gasteiger partial charge on any atom is -0.497 e. The number of benzene rings is 3. The van der Waals surface area contributed by atoms with Gasteiger partial charge < -0.3 is 9.64 Å². The normalized spacial score (nSPS) is 17.1. The van der Waals surface area contributed by atoms with Crippen molar-refractivity contribution in [1.29, 1.82) is 0 Å². The Hall–Kier alpha value is -2.53. The summed E-state index contributed by atoms with van der Waals surface area (Å²) in [5, 5.41) is 1.17. The second kappa shape index (κ2) is 9.26. The van der Waals surface area contributed by atoms with E-state index in [0.717, 1.165) is 60.6 Å². The Labute approximate surface area is 211 Å². The molecule has 0 aromatic heterocycles.